The summed E-state index contributed by atoms with van der Waals surface area (Å²) in [5, 5.41) is 18.0. The number of benzene rings is 1. The molecule has 0 spiro atoms. The highest BCUT2D eigenvalue weighted by Crippen LogP contribution is 2.23. The molecule has 0 aromatic heterocycles. The van der Waals surface area contributed by atoms with Gasteiger partial charge in [0.2, 0.25) is 0 Å². The first kappa shape index (κ1) is 19.9. The second-order valence-corrected chi connectivity index (χ2v) is 5.89. The summed E-state index contributed by atoms with van der Waals surface area (Å²) in [4.78, 5) is 22.0. The molecule has 0 aliphatic carbocycles. The van der Waals surface area contributed by atoms with Crippen LogP contribution in [0.25, 0.3) is 0 Å². The minimum absolute atomic E-state index is 0.0221. The van der Waals surface area contributed by atoms with Crippen LogP contribution in [0, 0.1) is 11.8 Å². The number of carboxylic acids is 2. The lowest BCUT2D eigenvalue weighted by Crippen LogP contribution is -2.26. The fraction of sp³-hybridized carbons (Fsp3) is 0.474. The van der Waals surface area contributed by atoms with Crippen LogP contribution in [0.1, 0.15) is 37.7 Å². The molecule has 5 heteroatoms. The first-order valence-corrected chi connectivity index (χ1v) is 8.22. The van der Waals surface area contributed by atoms with Crippen molar-refractivity contribution in [3.05, 3.63) is 48.6 Å². The maximum Gasteiger partial charge on any atom is 0.317 e. The molecule has 132 valence electrons. The average Bonchev–Trinajstić information content (AvgIpc) is 2.55. The zero-order valence-electron chi connectivity index (χ0n) is 13.9. The van der Waals surface area contributed by atoms with Gasteiger partial charge in [0.15, 0.2) is 5.92 Å². The monoisotopic (exact) mass is 334 g/mol. The summed E-state index contributed by atoms with van der Waals surface area (Å²) in [6, 6.07) is 9.93. The SMILES string of the molecule is C=CCC(CCCCOCc1ccccc1)CC(C(=O)O)C(=O)O. The summed E-state index contributed by atoms with van der Waals surface area (Å²) in [6.07, 6.45) is 5.00. The van der Waals surface area contributed by atoms with Crippen LogP contribution in [0.3, 0.4) is 0 Å². The van der Waals surface area contributed by atoms with Gasteiger partial charge in [0.1, 0.15) is 0 Å². The minimum Gasteiger partial charge on any atom is -0.481 e. The second kappa shape index (κ2) is 11.4. The van der Waals surface area contributed by atoms with E-state index in [0.717, 1.165) is 24.8 Å². The first-order chi connectivity index (χ1) is 11.5. The third kappa shape index (κ3) is 7.92. The van der Waals surface area contributed by atoms with Crippen molar-refractivity contribution < 1.29 is 24.5 Å². The maximum atomic E-state index is 11.0. The summed E-state index contributed by atoms with van der Waals surface area (Å²) in [5.74, 6) is -3.87. The van der Waals surface area contributed by atoms with Crippen molar-refractivity contribution in [3.8, 4) is 0 Å². The molecule has 1 aromatic rings. The molecule has 0 saturated heterocycles. The van der Waals surface area contributed by atoms with Crippen LogP contribution in [0.4, 0.5) is 0 Å². The highest BCUT2D eigenvalue weighted by Gasteiger charge is 2.28. The molecule has 0 fully saturated rings. The molecule has 24 heavy (non-hydrogen) atoms. The summed E-state index contributed by atoms with van der Waals surface area (Å²) in [5.41, 5.74) is 1.13. The number of carbonyl (C=O) groups is 2. The highest BCUT2D eigenvalue weighted by atomic mass is 16.5. The Hall–Kier alpha value is -2.14. The lowest BCUT2D eigenvalue weighted by Gasteiger charge is -2.17. The van der Waals surface area contributed by atoms with Crippen LogP contribution in [0.5, 0.6) is 0 Å². The molecular weight excluding hydrogens is 308 g/mol. The van der Waals surface area contributed by atoms with Crippen molar-refractivity contribution in [2.45, 2.75) is 38.7 Å². The predicted molar refractivity (Wildman–Crippen MR) is 91.6 cm³/mol. The van der Waals surface area contributed by atoms with Gasteiger partial charge in [-0.2, -0.15) is 0 Å². The molecule has 0 heterocycles. The molecular formula is C19H26O5. The van der Waals surface area contributed by atoms with Crippen LogP contribution in [-0.2, 0) is 20.9 Å². The van der Waals surface area contributed by atoms with Crippen molar-refractivity contribution in [2.24, 2.45) is 11.8 Å². The zero-order valence-corrected chi connectivity index (χ0v) is 13.9. The molecule has 5 nitrogen and oxygen atoms in total. The van der Waals surface area contributed by atoms with Gasteiger partial charge in [-0.3, -0.25) is 9.59 Å². The molecule has 0 aliphatic rings. The zero-order chi connectivity index (χ0) is 17.8. The summed E-state index contributed by atoms with van der Waals surface area (Å²) >= 11 is 0. The minimum atomic E-state index is -1.34. The number of aliphatic carboxylic acids is 2. The molecule has 2 N–H and O–H groups in total. The van der Waals surface area contributed by atoms with Gasteiger partial charge in [0.05, 0.1) is 6.61 Å². The third-order valence-electron chi connectivity index (χ3n) is 3.93. The molecule has 0 radical (unpaired) electrons. The van der Waals surface area contributed by atoms with Crippen LogP contribution in [0.2, 0.25) is 0 Å². The topological polar surface area (TPSA) is 83.8 Å². The van der Waals surface area contributed by atoms with E-state index in [1.807, 2.05) is 30.3 Å². The van der Waals surface area contributed by atoms with Gasteiger partial charge in [-0.25, -0.2) is 0 Å². The van der Waals surface area contributed by atoms with E-state index in [1.54, 1.807) is 6.08 Å². The number of unbranched alkanes of at least 4 members (excludes halogenated alkanes) is 1. The van der Waals surface area contributed by atoms with Gasteiger partial charge < -0.3 is 14.9 Å². The van der Waals surface area contributed by atoms with Crippen molar-refractivity contribution in [1.82, 2.24) is 0 Å². The Morgan fingerprint density at radius 2 is 1.79 bits per heavy atom. The quantitative estimate of drug-likeness (QED) is 0.326. The van der Waals surface area contributed by atoms with E-state index < -0.39 is 17.9 Å². The molecule has 0 bridgehead atoms. The van der Waals surface area contributed by atoms with E-state index >= 15 is 0 Å². The van der Waals surface area contributed by atoms with E-state index in [0.29, 0.717) is 19.6 Å². The van der Waals surface area contributed by atoms with Gasteiger partial charge in [-0.05, 0) is 30.7 Å². The number of hydrogen-bond donors (Lipinski definition) is 2. The number of hydrogen-bond acceptors (Lipinski definition) is 3. The second-order valence-electron chi connectivity index (χ2n) is 5.89. The molecule has 0 aliphatic heterocycles. The summed E-state index contributed by atoms with van der Waals surface area (Å²) < 4.78 is 5.61. The van der Waals surface area contributed by atoms with E-state index in [1.165, 1.54) is 0 Å². The van der Waals surface area contributed by atoms with Gasteiger partial charge in [-0.15, -0.1) is 6.58 Å². The fourth-order valence-electron chi connectivity index (χ4n) is 2.61. The van der Waals surface area contributed by atoms with Gasteiger partial charge in [0.25, 0.3) is 0 Å². The average molecular weight is 334 g/mol. The number of ether oxygens (including phenoxy) is 1. The van der Waals surface area contributed by atoms with Crippen molar-refractivity contribution in [1.29, 1.82) is 0 Å². The highest BCUT2D eigenvalue weighted by molar-refractivity contribution is 5.92. The van der Waals surface area contributed by atoms with Crippen LogP contribution >= 0.6 is 0 Å². The van der Waals surface area contributed by atoms with E-state index in [4.69, 9.17) is 14.9 Å². The van der Waals surface area contributed by atoms with E-state index in [9.17, 15) is 9.59 Å². The smallest absolute Gasteiger partial charge is 0.317 e. The largest absolute Gasteiger partial charge is 0.481 e. The van der Waals surface area contributed by atoms with Gasteiger partial charge >= 0.3 is 11.9 Å². The van der Waals surface area contributed by atoms with Gasteiger partial charge in [-0.1, -0.05) is 49.2 Å². The lowest BCUT2D eigenvalue weighted by molar-refractivity contribution is -0.155. The molecule has 1 atom stereocenters. The normalized spacial score (nSPS) is 12.0. The Balaban J connectivity index is 2.26. The molecule has 0 amide bonds. The van der Waals surface area contributed by atoms with Crippen LogP contribution in [0.15, 0.2) is 43.0 Å². The number of carboxylic acid groups (broad SMARTS) is 2. The fourth-order valence-corrected chi connectivity index (χ4v) is 2.61. The Morgan fingerprint density at radius 1 is 1.12 bits per heavy atom. The molecule has 1 aromatic carbocycles. The predicted octanol–water partition coefficient (Wildman–Crippen LogP) is 3.74. The van der Waals surface area contributed by atoms with Crippen molar-refractivity contribution in [2.75, 3.05) is 6.61 Å². The van der Waals surface area contributed by atoms with E-state index in [2.05, 4.69) is 6.58 Å². The standard InChI is InChI=1S/C19H26O5/c1-2-8-15(13-17(18(20)21)19(22)23)9-6-7-12-24-14-16-10-4-3-5-11-16/h2-5,10-11,15,17H,1,6-9,12-14H2,(H,20,21)(H,22,23). The maximum absolute atomic E-state index is 11.0. The number of rotatable bonds is 13. The van der Waals surface area contributed by atoms with Crippen LogP contribution in [-0.4, -0.2) is 28.8 Å². The Bertz CT molecular complexity index is 498. The Kier molecular flexibility index (Phi) is 9.46. The third-order valence-corrected chi connectivity index (χ3v) is 3.93. The number of allylic oxidation sites excluding steroid dienone is 1. The Labute approximate surface area is 143 Å². The Morgan fingerprint density at radius 3 is 2.38 bits per heavy atom. The molecule has 1 unspecified atom stereocenters. The van der Waals surface area contributed by atoms with Crippen molar-refractivity contribution >= 4 is 11.9 Å². The summed E-state index contributed by atoms with van der Waals surface area (Å²) in [7, 11) is 0. The molecule has 0 saturated carbocycles. The molecule has 1 rings (SSSR count). The van der Waals surface area contributed by atoms with Crippen LogP contribution < -0.4 is 0 Å². The van der Waals surface area contributed by atoms with Gasteiger partial charge in [0, 0.05) is 6.61 Å². The van der Waals surface area contributed by atoms with E-state index in [-0.39, 0.29) is 12.3 Å². The summed E-state index contributed by atoms with van der Waals surface area (Å²) in [6.45, 7) is 4.89. The van der Waals surface area contributed by atoms with Crippen molar-refractivity contribution in [3.63, 3.8) is 0 Å². The lowest BCUT2D eigenvalue weighted by atomic mass is 9.88. The first-order valence-electron chi connectivity index (χ1n) is 8.22.